The molecule has 3 atom stereocenters. The molecule has 1 saturated heterocycles. The summed E-state index contributed by atoms with van der Waals surface area (Å²) in [5, 5.41) is 2.92. The number of carbonyl (C=O) groups is 2. The van der Waals surface area contributed by atoms with Gasteiger partial charge < -0.3 is 10.1 Å². The van der Waals surface area contributed by atoms with Crippen LogP contribution in [0.5, 0.6) is 0 Å². The van der Waals surface area contributed by atoms with Gasteiger partial charge in [0.05, 0.1) is 12.5 Å². The number of esters is 1. The molecule has 1 aliphatic rings. The van der Waals surface area contributed by atoms with Crippen molar-refractivity contribution in [1.29, 1.82) is 0 Å². The zero-order valence-corrected chi connectivity index (χ0v) is 12.6. The minimum absolute atomic E-state index is 0.00841. The molecule has 1 N–H and O–H groups in total. The van der Waals surface area contributed by atoms with Gasteiger partial charge in [0.1, 0.15) is 5.82 Å². The quantitative estimate of drug-likeness (QED) is 0.873. The topological polar surface area (TPSA) is 55.4 Å². The number of hydrogen-bond donors (Lipinski definition) is 1. The van der Waals surface area contributed by atoms with Gasteiger partial charge in [-0.05, 0) is 26.0 Å². The van der Waals surface area contributed by atoms with Crippen molar-refractivity contribution in [2.75, 3.05) is 6.61 Å². The third kappa shape index (κ3) is 3.18. The standard InChI is InChI=1S/C15H17ClFNO3/c1-3-21-15(20)13-8(2)18-12(19)7-9(13)14-10(16)5-4-6-11(14)17/h4-6,8-9,13H,3,7H2,1-2H3,(H,18,19)/t8-,9+,13-/m1/s1. The Morgan fingerprint density at radius 3 is 2.86 bits per heavy atom. The van der Waals surface area contributed by atoms with Crippen LogP contribution >= 0.6 is 11.6 Å². The van der Waals surface area contributed by atoms with Crippen molar-refractivity contribution in [2.45, 2.75) is 32.2 Å². The van der Waals surface area contributed by atoms with Crippen molar-refractivity contribution in [1.82, 2.24) is 5.32 Å². The second kappa shape index (κ2) is 6.43. The van der Waals surface area contributed by atoms with Crippen LogP contribution in [0.25, 0.3) is 0 Å². The number of halogens is 2. The highest BCUT2D eigenvalue weighted by Crippen LogP contribution is 2.39. The lowest BCUT2D eigenvalue weighted by Crippen LogP contribution is -2.50. The van der Waals surface area contributed by atoms with E-state index in [1.807, 2.05) is 0 Å². The van der Waals surface area contributed by atoms with Gasteiger partial charge in [-0.1, -0.05) is 17.7 Å². The Balaban J connectivity index is 2.45. The van der Waals surface area contributed by atoms with E-state index in [1.54, 1.807) is 19.9 Å². The summed E-state index contributed by atoms with van der Waals surface area (Å²) >= 11 is 6.08. The summed E-state index contributed by atoms with van der Waals surface area (Å²) in [6.45, 7) is 3.64. The van der Waals surface area contributed by atoms with Gasteiger partial charge >= 0.3 is 5.97 Å². The molecular weight excluding hydrogens is 297 g/mol. The van der Waals surface area contributed by atoms with Crippen molar-refractivity contribution in [3.8, 4) is 0 Å². The highest BCUT2D eigenvalue weighted by atomic mass is 35.5. The molecule has 0 unspecified atom stereocenters. The summed E-state index contributed by atoms with van der Waals surface area (Å²) in [5.41, 5.74) is 0.207. The minimum atomic E-state index is -0.656. The molecule has 1 amide bonds. The fourth-order valence-corrected chi connectivity index (χ4v) is 3.13. The Kier molecular flexibility index (Phi) is 4.83. The predicted octanol–water partition coefficient (Wildman–Crippen LogP) is 2.65. The summed E-state index contributed by atoms with van der Waals surface area (Å²) < 4.78 is 19.2. The molecule has 0 aromatic heterocycles. The molecule has 0 saturated carbocycles. The number of ether oxygens (including phenoxy) is 1. The zero-order chi connectivity index (χ0) is 15.6. The van der Waals surface area contributed by atoms with Gasteiger partial charge in [0.25, 0.3) is 0 Å². The van der Waals surface area contributed by atoms with E-state index in [0.29, 0.717) is 0 Å². The molecule has 0 aliphatic carbocycles. The van der Waals surface area contributed by atoms with Crippen LogP contribution in [-0.4, -0.2) is 24.5 Å². The van der Waals surface area contributed by atoms with Crippen molar-refractivity contribution in [3.05, 3.63) is 34.6 Å². The summed E-state index contributed by atoms with van der Waals surface area (Å²) in [6, 6.07) is 3.89. The first kappa shape index (κ1) is 15.8. The average molecular weight is 314 g/mol. The Hall–Kier alpha value is -1.62. The van der Waals surface area contributed by atoms with Gasteiger partial charge in [-0.25, -0.2) is 4.39 Å². The van der Waals surface area contributed by atoms with Crippen LogP contribution in [0.1, 0.15) is 31.7 Å². The molecule has 114 valence electrons. The Morgan fingerprint density at radius 2 is 2.24 bits per heavy atom. The van der Waals surface area contributed by atoms with E-state index < -0.39 is 29.7 Å². The molecule has 0 spiro atoms. The van der Waals surface area contributed by atoms with Crippen LogP contribution in [-0.2, 0) is 14.3 Å². The Morgan fingerprint density at radius 1 is 1.52 bits per heavy atom. The number of amides is 1. The first-order valence-electron chi connectivity index (χ1n) is 6.85. The van der Waals surface area contributed by atoms with Gasteiger partial charge in [0, 0.05) is 29.0 Å². The molecule has 1 fully saturated rings. The number of rotatable bonds is 3. The van der Waals surface area contributed by atoms with Crippen LogP contribution in [0.15, 0.2) is 18.2 Å². The molecule has 2 rings (SSSR count). The SMILES string of the molecule is CCOC(=O)[C@H]1[C@@H](c2c(F)cccc2Cl)CC(=O)N[C@@H]1C. The van der Waals surface area contributed by atoms with Gasteiger partial charge in [-0.15, -0.1) is 0 Å². The third-order valence-electron chi connectivity index (χ3n) is 3.70. The maximum atomic E-state index is 14.1. The monoisotopic (exact) mass is 313 g/mol. The molecule has 1 aromatic carbocycles. The second-order valence-corrected chi connectivity index (χ2v) is 5.49. The van der Waals surface area contributed by atoms with E-state index in [1.165, 1.54) is 12.1 Å². The van der Waals surface area contributed by atoms with E-state index in [9.17, 15) is 14.0 Å². The fourth-order valence-electron chi connectivity index (χ4n) is 2.83. The van der Waals surface area contributed by atoms with Gasteiger partial charge in [-0.2, -0.15) is 0 Å². The third-order valence-corrected chi connectivity index (χ3v) is 4.02. The molecule has 0 bridgehead atoms. The highest BCUT2D eigenvalue weighted by Gasteiger charge is 2.42. The molecule has 1 heterocycles. The number of benzene rings is 1. The molecule has 21 heavy (non-hydrogen) atoms. The largest absolute Gasteiger partial charge is 0.466 e. The van der Waals surface area contributed by atoms with Crippen molar-refractivity contribution < 1.29 is 18.7 Å². The van der Waals surface area contributed by atoms with E-state index in [-0.39, 0.29) is 29.5 Å². The summed E-state index contributed by atoms with van der Waals surface area (Å²) in [4.78, 5) is 24.0. The first-order valence-corrected chi connectivity index (χ1v) is 7.23. The average Bonchev–Trinajstić information content (AvgIpc) is 2.37. The van der Waals surface area contributed by atoms with Crippen LogP contribution in [0.2, 0.25) is 5.02 Å². The number of nitrogens with one attached hydrogen (secondary N) is 1. The zero-order valence-electron chi connectivity index (χ0n) is 11.9. The number of carbonyl (C=O) groups excluding carboxylic acids is 2. The maximum Gasteiger partial charge on any atom is 0.311 e. The smallest absolute Gasteiger partial charge is 0.311 e. The summed E-state index contributed by atoms with van der Waals surface area (Å²) in [6.07, 6.45) is 0.00841. The Labute approximate surface area is 127 Å². The number of piperidine rings is 1. The molecule has 4 nitrogen and oxygen atoms in total. The number of hydrogen-bond acceptors (Lipinski definition) is 3. The van der Waals surface area contributed by atoms with E-state index in [4.69, 9.17) is 16.3 Å². The van der Waals surface area contributed by atoms with Gasteiger partial charge in [-0.3, -0.25) is 9.59 Å². The lowest BCUT2D eigenvalue weighted by atomic mass is 9.76. The summed E-state index contributed by atoms with van der Waals surface area (Å²) in [7, 11) is 0. The molecule has 1 aliphatic heterocycles. The van der Waals surface area contributed by atoms with Gasteiger partial charge in [0.15, 0.2) is 0 Å². The lowest BCUT2D eigenvalue weighted by Gasteiger charge is -2.35. The van der Waals surface area contributed by atoms with E-state index in [0.717, 1.165) is 0 Å². The maximum absolute atomic E-state index is 14.1. The van der Waals surface area contributed by atoms with Gasteiger partial charge in [0.2, 0.25) is 5.91 Å². The van der Waals surface area contributed by atoms with Crippen LogP contribution in [0.4, 0.5) is 4.39 Å². The summed E-state index contributed by atoms with van der Waals surface area (Å²) in [5.74, 6) is -2.47. The van der Waals surface area contributed by atoms with E-state index >= 15 is 0 Å². The fraction of sp³-hybridized carbons (Fsp3) is 0.467. The van der Waals surface area contributed by atoms with Crippen molar-refractivity contribution in [3.63, 3.8) is 0 Å². The molecule has 0 radical (unpaired) electrons. The highest BCUT2D eigenvalue weighted by molar-refractivity contribution is 6.31. The van der Waals surface area contributed by atoms with Crippen molar-refractivity contribution in [2.24, 2.45) is 5.92 Å². The minimum Gasteiger partial charge on any atom is -0.466 e. The lowest BCUT2D eigenvalue weighted by molar-refractivity contribution is -0.151. The Bertz CT molecular complexity index is 544. The second-order valence-electron chi connectivity index (χ2n) is 5.08. The predicted molar refractivity (Wildman–Crippen MR) is 76.5 cm³/mol. The molecule has 6 heteroatoms. The molecular formula is C15H17ClFNO3. The first-order chi connectivity index (χ1) is 9.95. The normalized spacial score (nSPS) is 25.3. The van der Waals surface area contributed by atoms with Crippen LogP contribution < -0.4 is 5.32 Å². The molecule has 1 aromatic rings. The van der Waals surface area contributed by atoms with Crippen molar-refractivity contribution >= 4 is 23.5 Å². The van der Waals surface area contributed by atoms with Crippen LogP contribution in [0, 0.1) is 11.7 Å². The van der Waals surface area contributed by atoms with Crippen LogP contribution in [0.3, 0.4) is 0 Å². The van der Waals surface area contributed by atoms with E-state index in [2.05, 4.69) is 5.32 Å².